The van der Waals surface area contributed by atoms with E-state index in [4.69, 9.17) is 4.42 Å². The minimum absolute atomic E-state index is 0. The molecule has 0 spiro atoms. The van der Waals surface area contributed by atoms with E-state index in [2.05, 4.69) is 10.3 Å². The summed E-state index contributed by atoms with van der Waals surface area (Å²) in [5.74, 6) is 1.73. The smallest absolute Gasteiger partial charge is 0.289 e. The van der Waals surface area contributed by atoms with E-state index in [1.807, 2.05) is 36.2 Å². The Labute approximate surface area is 148 Å². The molecule has 1 saturated heterocycles. The molecule has 0 aromatic carbocycles. The highest BCUT2D eigenvalue weighted by Gasteiger charge is 2.24. The summed E-state index contributed by atoms with van der Waals surface area (Å²) < 4.78 is 5.66. The average Bonchev–Trinajstić information content (AvgIpc) is 3.26. The van der Waals surface area contributed by atoms with Crippen LogP contribution in [0.3, 0.4) is 0 Å². The van der Waals surface area contributed by atoms with E-state index >= 15 is 0 Å². The molecule has 1 aliphatic rings. The van der Waals surface area contributed by atoms with Crippen LogP contribution in [0, 0.1) is 5.92 Å². The quantitative estimate of drug-likeness (QED) is 0.871. The molecule has 3 heterocycles. The Hall–Kier alpha value is -1.85. The maximum Gasteiger partial charge on any atom is 0.289 e. The van der Waals surface area contributed by atoms with Gasteiger partial charge in [0.2, 0.25) is 0 Å². The van der Waals surface area contributed by atoms with E-state index in [0.29, 0.717) is 18.2 Å². The first-order valence-electron chi connectivity index (χ1n) is 8.24. The number of nitrogens with one attached hydrogen (secondary N) is 1. The van der Waals surface area contributed by atoms with Gasteiger partial charge in [-0.25, -0.2) is 0 Å². The number of amides is 1. The van der Waals surface area contributed by atoms with Crippen molar-refractivity contribution in [2.24, 2.45) is 5.92 Å². The fourth-order valence-corrected chi connectivity index (χ4v) is 2.95. The minimum Gasteiger partial charge on any atom is -0.456 e. The maximum absolute atomic E-state index is 12.9. The summed E-state index contributed by atoms with van der Waals surface area (Å²) in [4.78, 5) is 18.9. The topological polar surface area (TPSA) is 58.4 Å². The standard InChI is InChI=1S/C18H23N3O2.ClH/c1-2-16-5-6-17(23-16)18(22)21(13-15-7-9-20-11-15)12-14-4-3-8-19-10-14;/h3-6,8,10,15,20H,2,7,9,11-13H2,1H3;1H. The number of nitrogens with zero attached hydrogens (tertiary/aromatic N) is 2. The Morgan fingerprint density at radius 2 is 2.29 bits per heavy atom. The van der Waals surface area contributed by atoms with Crippen molar-refractivity contribution in [2.45, 2.75) is 26.3 Å². The van der Waals surface area contributed by atoms with Crippen LogP contribution in [0.15, 0.2) is 41.1 Å². The molecule has 0 radical (unpaired) electrons. The van der Waals surface area contributed by atoms with Gasteiger partial charge in [0.1, 0.15) is 5.76 Å². The number of pyridine rings is 1. The zero-order valence-corrected chi connectivity index (χ0v) is 14.7. The Morgan fingerprint density at radius 1 is 1.42 bits per heavy atom. The van der Waals surface area contributed by atoms with Gasteiger partial charge in [0.05, 0.1) is 0 Å². The number of furan rings is 1. The van der Waals surface area contributed by atoms with E-state index in [1.165, 1.54) is 0 Å². The lowest BCUT2D eigenvalue weighted by atomic mass is 10.1. The molecule has 5 nitrogen and oxygen atoms in total. The van der Waals surface area contributed by atoms with Crippen molar-refractivity contribution in [3.05, 3.63) is 53.7 Å². The van der Waals surface area contributed by atoms with Gasteiger partial charge >= 0.3 is 0 Å². The van der Waals surface area contributed by atoms with Crippen molar-refractivity contribution in [1.82, 2.24) is 15.2 Å². The van der Waals surface area contributed by atoms with Crippen molar-refractivity contribution in [1.29, 1.82) is 0 Å². The molecule has 130 valence electrons. The molecule has 0 saturated carbocycles. The van der Waals surface area contributed by atoms with Crippen LogP contribution >= 0.6 is 12.4 Å². The van der Waals surface area contributed by atoms with Gasteiger partial charge in [-0.3, -0.25) is 9.78 Å². The van der Waals surface area contributed by atoms with Gasteiger partial charge in [-0.15, -0.1) is 12.4 Å². The summed E-state index contributed by atoms with van der Waals surface area (Å²) in [6.07, 6.45) is 5.46. The number of hydrogen-bond acceptors (Lipinski definition) is 4. The Bertz CT molecular complexity index is 639. The Kier molecular flexibility index (Phi) is 6.82. The number of hydrogen-bond donors (Lipinski definition) is 1. The van der Waals surface area contributed by atoms with Crippen LogP contribution in [0.2, 0.25) is 0 Å². The van der Waals surface area contributed by atoms with Gasteiger partial charge < -0.3 is 14.6 Å². The molecule has 2 aromatic heterocycles. The van der Waals surface area contributed by atoms with Gasteiger partial charge in [-0.05, 0) is 49.2 Å². The summed E-state index contributed by atoms with van der Waals surface area (Å²) in [5, 5.41) is 3.36. The van der Waals surface area contributed by atoms with Crippen LogP contribution in [0.1, 0.15) is 35.2 Å². The third kappa shape index (κ3) is 4.58. The van der Waals surface area contributed by atoms with E-state index in [-0.39, 0.29) is 18.3 Å². The number of aryl methyl sites for hydroxylation is 1. The summed E-state index contributed by atoms with van der Waals surface area (Å²) >= 11 is 0. The molecule has 1 aliphatic heterocycles. The largest absolute Gasteiger partial charge is 0.456 e. The van der Waals surface area contributed by atoms with E-state index in [1.54, 1.807) is 12.3 Å². The first kappa shape index (κ1) is 18.5. The molecule has 3 rings (SSSR count). The molecular formula is C18H24ClN3O2. The van der Waals surface area contributed by atoms with Gasteiger partial charge in [0.25, 0.3) is 5.91 Å². The third-order valence-corrected chi connectivity index (χ3v) is 4.25. The van der Waals surface area contributed by atoms with Crippen molar-refractivity contribution >= 4 is 18.3 Å². The fraction of sp³-hybridized carbons (Fsp3) is 0.444. The third-order valence-electron chi connectivity index (χ3n) is 4.25. The lowest BCUT2D eigenvalue weighted by Crippen LogP contribution is -2.35. The lowest BCUT2D eigenvalue weighted by molar-refractivity contribution is 0.0684. The molecule has 24 heavy (non-hydrogen) atoms. The number of carbonyl (C=O) groups is 1. The monoisotopic (exact) mass is 349 g/mol. The molecule has 0 bridgehead atoms. The second-order valence-corrected chi connectivity index (χ2v) is 6.03. The maximum atomic E-state index is 12.9. The van der Waals surface area contributed by atoms with E-state index in [9.17, 15) is 4.79 Å². The molecule has 1 unspecified atom stereocenters. The van der Waals surface area contributed by atoms with Crippen molar-refractivity contribution in [3.8, 4) is 0 Å². The SMILES string of the molecule is CCc1ccc(C(=O)N(Cc2cccnc2)CC2CCNC2)o1.Cl. The Balaban J connectivity index is 0.00000208. The molecular weight excluding hydrogens is 326 g/mol. The Morgan fingerprint density at radius 3 is 2.92 bits per heavy atom. The first-order valence-corrected chi connectivity index (χ1v) is 8.24. The molecule has 2 aromatic rings. The zero-order chi connectivity index (χ0) is 16.1. The number of carbonyl (C=O) groups excluding carboxylic acids is 1. The van der Waals surface area contributed by atoms with Crippen LogP contribution in [0.5, 0.6) is 0 Å². The predicted octanol–water partition coefficient (Wildman–Crippen LogP) is 2.91. The zero-order valence-electron chi connectivity index (χ0n) is 13.9. The number of halogens is 1. The molecule has 1 N–H and O–H groups in total. The van der Waals surface area contributed by atoms with Gasteiger partial charge in [0.15, 0.2) is 5.76 Å². The predicted molar refractivity (Wildman–Crippen MR) is 95.3 cm³/mol. The van der Waals surface area contributed by atoms with Crippen molar-refractivity contribution in [3.63, 3.8) is 0 Å². The summed E-state index contributed by atoms with van der Waals surface area (Å²) in [6, 6.07) is 7.56. The number of rotatable bonds is 6. The first-order chi connectivity index (χ1) is 11.3. The van der Waals surface area contributed by atoms with Gasteiger partial charge in [0, 0.05) is 31.9 Å². The van der Waals surface area contributed by atoms with Gasteiger partial charge in [-0.2, -0.15) is 0 Å². The van der Waals surface area contributed by atoms with Crippen LogP contribution in [0.25, 0.3) is 0 Å². The highest BCUT2D eigenvalue weighted by atomic mass is 35.5. The summed E-state index contributed by atoms with van der Waals surface area (Å²) in [5.41, 5.74) is 1.04. The fourth-order valence-electron chi connectivity index (χ4n) is 2.95. The van der Waals surface area contributed by atoms with E-state index in [0.717, 1.165) is 43.8 Å². The van der Waals surface area contributed by atoms with Crippen molar-refractivity contribution < 1.29 is 9.21 Å². The minimum atomic E-state index is -0.0412. The second-order valence-electron chi connectivity index (χ2n) is 6.03. The molecule has 1 fully saturated rings. The second kappa shape index (κ2) is 8.85. The van der Waals surface area contributed by atoms with Crippen LogP contribution in [0.4, 0.5) is 0 Å². The van der Waals surface area contributed by atoms with E-state index < -0.39 is 0 Å². The summed E-state index contributed by atoms with van der Waals surface area (Å²) in [6.45, 7) is 5.31. The average molecular weight is 350 g/mol. The molecule has 0 aliphatic carbocycles. The highest BCUT2D eigenvalue weighted by Crippen LogP contribution is 2.17. The number of aromatic nitrogens is 1. The van der Waals surface area contributed by atoms with Crippen LogP contribution < -0.4 is 5.32 Å². The molecule has 6 heteroatoms. The van der Waals surface area contributed by atoms with Crippen LogP contribution in [-0.2, 0) is 13.0 Å². The highest BCUT2D eigenvalue weighted by molar-refractivity contribution is 5.91. The molecule has 1 atom stereocenters. The molecule has 1 amide bonds. The van der Waals surface area contributed by atoms with Crippen LogP contribution in [-0.4, -0.2) is 35.4 Å². The van der Waals surface area contributed by atoms with Gasteiger partial charge in [-0.1, -0.05) is 13.0 Å². The lowest BCUT2D eigenvalue weighted by Gasteiger charge is -2.24. The summed E-state index contributed by atoms with van der Waals surface area (Å²) in [7, 11) is 0. The van der Waals surface area contributed by atoms with Crippen molar-refractivity contribution in [2.75, 3.05) is 19.6 Å². The normalized spacial score (nSPS) is 16.6.